The lowest BCUT2D eigenvalue weighted by Gasteiger charge is -2.21. The van der Waals surface area contributed by atoms with Gasteiger partial charge in [0, 0.05) is 37.4 Å². The fourth-order valence-corrected chi connectivity index (χ4v) is 6.52. The van der Waals surface area contributed by atoms with E-state index in [0.717, 1.165) is 25.7 Å². The number of benzene rings is 2. The van der Waals surface area contributed by atoms with Gasteiger partial charge in [-0.15, -0.1) is 0 Å². The Morgan fingerprint density at radius 2 is 1.52 bits per heavy atom. The van der Waals surface area contributed by atoms with E-state index in [-0.39, 0.29) is 21.4 Å². The van der Waals surface area contributed by atoms with Crippen molar-refractivity contribution in [2.24, 2.45) is 0 Å². The van der Waals surface area contributed by atoms with Crippen molar-refractivity contribution in [3.8, 4) is 0 Å². The van der Waals surface area contributed by atoms with Crippen molar-refractivity contribution in [3.05, 3.63) is 54.1 Å². The van der Waals surface area contributed by atoms with Crippen molar-refractivity contribution in [3.63, 3.8) is 0 Å². The number of nitrogens with one attached hydrogen (secondary N) is 1. The summed E-state index contributed by atoms with van der Waals surface area (Å²) in [5, 5.41) is 2.70. The average molecular weight is 494 g/mol. The van der Waals surface area contributed by atoms with Gasteiger partial charge in [0.15, 0.2) is 0 Å². The zero-order valence-corrected chi connectivity index (χ0v) is 20.8. The molecule has 2 aromatic rings. The summed E-state index contributed by atoms with van der Waals surface area (Å²) in [6.07, 6.45) is 3.70. The fourth-order valence-electron chi connectivity index (χ4n) is 3.59. The monoisotopic (exact) mass is 493 g/mol. The summed E-state index contributed by atoms with van der Waals surface area (Å²) in [6, 6.07) is 11.7. The van der Waals surface area contributed by atoms with Gasteiger partial charge < -0.3 is 5.32 Å². The van der Waals surface area contributed by atoms with Gasteiger partial charge in [-0.2, -0.15) is 8.61 Å². The molecule has 10 heteroatoms. The maximum absolute atomic E-state index is 13.0. The number of rotatable bonds is 7. The van der Waals surface area contributed by atoms with Gasteiger partial charge in [-0.05, 0) is 69.2 Å². The Hall–Kier alpha value is -2.27. The minimum Gasteiger partial charge on any atom is -0.322 e. The predicted octanol–water partition coefficient (Wildman–Crippen LogP) is 3.53. The molecule has 1 fully saturated rings. The molecular formula is C23H31N3O5S2. The van der Waals surface area contributed by atoms with Crippen LogP contribution in [0.2, 0.25) is 0 Å². The number of nitrogens with zero attached hydrogens (tertiary/aromatic N) is 2. The lowest BCUT2D eigenvalue weighted by atomic mass is 10.2. The molecule has 0 radical (unpaired) electrons. The molecule has 0 bridgehead atoms. The van der Waals surface area contributed by atoms with Crippen LogP contribution in [0.5, 0.6) is 0 Å². The summed E-state index contributed by atoms with van der Waals surface area (Å²) in [4.78, 5) is 13.0. The molecule has 0 atom stereocenters. The highest BCUT2D eigenvalue weighted by Crippen LogP contribution is 2.23. The van der Waals surface area contributed by atoms with Crippen molar-refractivity contribution >= 4 is 31.6 Å². The van der Waals surface area contributed by atoms with E-state index in [1.54, 1.807) is 26.0 Å². The lowest BCUT2D eigenvalue weighted by Crippen LogP contribution is -2.33. The van der Waals surface area contributed by atoms with Crippen molar-refractivity contribution in [2.45, 2.75) is 55.4 Å². The number of hydrogen-bond acceptors (Lipinski definition) is 5. The smallest absolute Gasteiger partial charge is 0.255 e. The van der Waals surface area contributed by atoms with Crippen LogP contribution in [0.1, 0.15) is 49.9 Å². The van der Waals surface area contributed by atoms with Gasteiger partial charge in [-0.3, -0.25) is 4.79 Å². The molecule has 1 heterocycles. The van der Waals surface area contributed by atoms with Crippen LogP contribution in [-0.4, -0.2) is 57.5 Å². The van der Waals surface area contributed by atoms with Gasteiger partial charge in [-0.1, -0.05) is 18.9 Å². The second kappa shape index (κ2) is 10.3. The quantitative estimate of drug-likeness (QED) is 0.635. The molecule has 1 saturated heterocycles. The van der Waals surface area contributed by atoms with Gasteiger partial charge in [0.05, 0.1) is 9.79 Å². The number of carbonyl (C=O) groups excluding carboxylic acids is 1. The standard InChI is InChI=1S/C23H31N3O5S2/c1-18(2)25(3)32(28,29)21-13-11-20(12-14-21)24-23(27)19-9-8-10-22(17-19)33(30,31)26-15-6-4-5-7-16-26/h8-14,17-18H,4-7,15-16H2,1-3H3,(H,24,27). The predicted molar refractivity (Wildman–Crippen MR) is 128 cm³/mol. The third kappa shape index (κ3) is 5.81. The first-order chi connectivity index (χ1) is 15.5. The minimum absolute atomic E-state index is 0.0928. The van der Waals surface area contributed by atoms with Crippen molar-refractivity contribution in [2.75, 3.05) is 25.5 Å². The summed E-state index contributed by atoms with van der Waals surface area (Å²) in [5.41, 5.74) is 0.620. The Morgan fingerprint density at radius 1 is 0.909 bits per heavy atom. The molecule has 33 heavy (non-hydrogen) atoms. The van der Waals surface area contributed by atoms with E-state index in [4.69, 9.17) is 0 Å². The largest absolute Gasteiger partial charge is 0.322 e. The number of hydrogen-bond donors (Lipinski definition) is 1. The van der Waals surface area contributed by atoms with E-state index in [9.17, 15) is 21.6 Å². The Kier molecular flexibility index (Phi) is 7.94. The van der Waals surface area contributed by atoms with Crippen LogP contribution in [-0.2, 0) is 20.0 Å². The number of carbonyl (C=O) groups is 1. The van der Waals surface area contributed by atoms with Crippen LogP contribution >= 0.6 is 0 Å². The highest BCUT2D eigenvalue weighted by Gasteiger charge is 2.26. The molecule has 180 valence electrons. The molecule has 0 aliphatic carbocycles. The van der Waals surface area contributed by atoms with E-state index < -0.39 is 26.0 Å². The van der Waals surface area contributed by atoms with E-state index in [0.29, 0.717) is 18.8 Å². The van der Waals surface area contributed by atoms with Crippen LogP contribution in [0, 0.1) is 0 Å². The zero-order valence-electron chi connectivity index (χ0n) is 19.2. The molecule has 1 aliphatic heterocycles. The highest BCUT2D eigenvalue weighted by molar-refractivity contribution is 7.89. The molecule has 0 unspecified atom stereocenters. The molecule has 2 aromatic carbocycles. The highest BCUT2D eigenvalue weighted by atomic mass is 32.2. The SMILES string of the molecule is CC(C)N(C)S(=O)(=O)c1ccc(NC(=O)c2cccc(S(=O)(=O)N3CCCCCC3)c2)cc1. The third-order valence-corrected chi connectivity index (χ3v) is 9.76. The summed E-state index contributed by atoms with van der Waals surface area (Å²) in [7, 11) is -5.78. The zero-order chi connectivity index (χ0) is 24.2. The Labute approximate surface area is 196 Å². The van der Waals surface area contributed by atoms with Gasteiger partial charge in [0.25, 0.3) is 5.91 Å². The Balaban J connectivity index is 1.76. The Bertz CT molecular complexity index is 1180. The third-order valence-electron chi connectivity index (χ3n) is 5.82. The van der Waals surface area contributed by atoms with Gasteiger partial charge in [-0.25, -0.2) is 16.8 Å². The van der Waals surface area contributed by atoms with Crippen LogP contribution in [0.15, 0.2) is 58.3 Å². The lowest BCUT2D eigenvalue weighted by molar-refractivity contribution is 0.102. The van der Waals surface area contributed by atoms with E-state index in [1.807, 2.05) is 0 Å². The average Bonchev–Trinajstić information content (AvgIpc) is 3.09. The molecule has 3 rings (SSSR count). The van der Waals surface area contributed by atoms with Crippen molar-refractivity contribution in [1.29, 1.82) is 0 Å². The molecule has 1 N–H and O–H groups in total. The first-order valence-electron chi connectivity index (χ1n) is 11.0. The van der Waals surface area contributed by atoms with Crippen LogP contribution in [0.25, 0.3) is 0 Å². The van der Waals surface area contributed by atoms with Gasteiger partial charge in [0.2, 0.25) is 20.0 Å². The molecular weight excluding hydrogens is 462 g/mol. The second-order valence-corrected chi connectivity index (χ2v) is 12.4. The van der Waals surface area contributed by atoms with E-state index >= 15 is 0 Å². The normalized spacial score (nSPS) is 16.0. The Morgan fingerprint density at radius 3 is 2.09 bits per heavy atom. The topological polar surface area (TPSA) is 104 Å². The summed E-state index contributed by atoms with van der Waals surface area (Å²) in [5.74, 6) is -0.474. The first kappa shape index (κ1) is 25.4. The molecule has 0 spiro atoms. The van der Waals surface area contributed by atoms with Gasteiger partial charge in [0.1, 0.15) is 0 Å². The minimum atomic E-state index is -3.67. The number of sulfonamides is 2. The molecule has 0 saturated carbocycles. The van der Waals surface area contributed by atoms with E-state index in [1.165, 1.54) is 52.1 Å². The van der Waals surface area contributed by atoms with E-state index in [2.05, 4.69) is 5.32 Å². The maximum Gasteiger partial charge on any atom is 0.255 e. The number of amides is 1. The van der Waals surface area contributed by atoms with Crippen LogP contribution < -0.4 is 5.32 Å². The van der Waals surface area contributed by atoms with Crippen LogP contribution in [0.4, 0.5) is 5.69 Å². The summed E-state index contributed by atoms with van der Waals surface area (Å²) in [6.45, 7) is 4.54. The fraction of sp³-hybridized carbons (Fsp3) is 0.435. The van der Waals surface area contributed by atoms with Crippen molar-refractivity contribution < 1.29 is 21.6 Å². The number of anilines is 1. The summed E-state index contributed by atoms with van der Waals surface area (Å²) >= 11 is 0. The second-order valence-electron chi connectivity index (χ2n) is 8.44. The maximum atomic E-state index is 13.0. The molecule has 1 amide bonds. The first-order valence-corrected chi connectivity index (χ1v) is 13.9. The van der Waals surface area contributed by atoms with Crippen molar-refractivity contribution in [1.82, 2.24) is 8.61 Å². The van der Waals surface area contributed by atoms with Gasteiger partial charge >= 0.3 is 0 Å². The molecule has 0 aromatic heterocycles. The molecule has 1 aliphatic rings. The summed E-state index contributed by atoms with van der Waals surface area (Å²) < 4.78 is 54.0. The molecule has 8 nitrogen and oxygen atoms in total. The van der Waals surface area contributed by atoms with Crippen LogP contribution in [0.3, 0.4) is 0 Å².